The first-order valence-corrected chi connectivity index (χ1v) is 9.99. The van der Waals surface area contributed by atoms with E-state index in [1.54, 1.807) is 12.1 Å². The third-order valence-electron chi connectivity index (χ3n) is 5.92. The van der Waals surface area contributed by atoms with Crippen molar-refractivity contribution in [3.05, 3.63) is 35.6 Å². The number of carbonyl (C=O) groups is 1. The molecule has 1 aliphatic heterocycles. The molecular weight excluding hydrogens is 347 g/mol. The Balaban J connectivity index is 1.50. The van der Waals surface area contributed by atoms with Crippen LogP contribution in [0.5, 0.6) is 0 Å². The van der Waals surface area contributed by atoms with Crippen LogP contribution >= 0.6 is 0 Å². The van der Waals surface area contributed by atoms with E-state index >= 15 is 0 Å². The summed E-state index contributed by atoms with van der Waals surface area (Å²) in [4.78, 5) is 14.1. The first-order chi connectivity index (χ1) is 13.1. The number of hydrogen-bond acceptors (Lipinski definition) is 4. The number of rotatable bonds is 6. The van der Waals surface area contributed by atoms with Gasteiger partial charge in [0.05, 0.1) is 18.8 Å². The highest BCUT2D eigenvalue weighted by Crippen LogP contribution is 2.34. The molecule has 5 nitrogen and oxygen atoms in total. The maximum absolute atomic E-state index is 13.4. The van der Waals surface area contributed by atoms with Crippen LogP contribution in [0.4, 0.5) is 4.39 Å². The minimum absolute atomic E-state index is 0.0175. The highest BCUT2D eigenvalue weighted by atomic mass is 19.1. The van der Waals surface area contributed by atoms with Gasteiger partial charge in [-0.2, -0.15) is 0 Å². The summed E-state index contributed by atoms with van der Waals surface area (Å²) >= 11 is 0. The van der Waals surface area contributed by atoms with Crippen molar-refractivity contribution in [2.45, 2.75) is 62.6 Å². The molecule has 1 aromatic rings. The number of nitrogens with zero attached hydrogens (tertiary/aromatic N) is 1. The number of amides is 1. The molecule has 1 aromatic carbocycles. The second kappa shape index (κ2) is 9.62. The van der Waals surface area contributed by atoms with Crippen LogP contribution in [-0.2, 0) is 14.3 Å². The van der Waals surface area contributed by atoms with Crippen molar-refractivity contribution >= 4 is 5.91 Å². The van der Waals surface area contributed by atoms with Gasteiger partial charge in [-0.1, -0.05) is 12.1 Å². The number of benzene rings is 1. The lowest BCUT2D eigenvalue weighted by Gasteiger charge is -2.40. The fraction of sp³-hybridized carbons (Fsp3) is 0.667. The normalized spacial score (nSPS) is 28.9. The van der Waals surface area contributed by atoms with Crippen molar-refractivity contribution in [1.82, 2.24) is 4.90 Å². The molecule has 1 saturated carbocycles. The number of ether oxygens (including phenoxy) is 2. The summed E-state index contributed by atoms with van der Waals surface area (Å²) in [7, 11) is 1.53. The molecule has 1 saturated heterocycles. The molecule has 150 valence electrons. The molecule has 3 rings (SSSR count). The van der Waals surface area contributed by atoms with E-state index in [0.29, 0.717) is 12.5 Å². The lowest BCUT2D eigenvalue weighted by Crippen LogP contribution is -2.57. The predicted molar refractivity (Wildman–Crippen MR) is 102 cm³/mol. The highest BCUT2D eigenvalue weighted by molar-refractivity contribution is 5.78. The Hall–Kier alpha value is -1.50. The van der Waals surface area contributed by atoms with Crippen LogP contribution < -0.4 is 5.73 Å². The van der Waals surface area contributed by atoms with E-state index in [2.05, 4.69) is 0 Å². The molecule has 1 aliphatic carbocycles. The molecule has 1 amide bonds. The Kier molecular flexibility index (Phi) is 7.21. The van der Waals surface area contributed by atoms with Crippen molar-refractivity contribution in [3.8, 4) is 0 Å². The van der Waals surface area contributed by atoms with Gasteiger partial charge < -0.3 is 20.1 Å². The van der Waals surface area contributed by atoms with Gasteiger partial charge in [0.2, 0.25) is 5.91 Å². The van der Waals surface area contributed by atoms with Gasteiger partial charge in [-0.05, 0) is 62.1 Å². The largest absolute Gasteiger partial charge is 0.376 e. The van der Waals surface area contributed by atoms with Crippen molar-refractivity contribution in [2.75, 3.05) is 26.9 Å². The molecule has 2 fully saturated rings. The van der Waals surface area contributed by atoms with E-state index in [4.69, 9.17) is 15.2 Å². The molecule has 0 radical (unpaired) electrons. The zero-order valence-electron chi connectivity index (χ0n) is 16.1. The zero-order valence-corrected chi connectivity index (χ0v) is 16.1. The molecule has 1 heterocycles. The van der Waals surface area contributed by atoms with E-state index in [1.807, 2.05) is 11.0 Å². The number of hydrogen-bond donors (Lipinski definition) is 1. The van der Waals surface area contributed by atoms with Crippen molar-refractivity contribution < 1.29 is 18.7 Å². The number of carbonyl (C=O) groups excluding carboxylic acids is 1. The number of halogens is 1. The van der Waals surface area contributed by atoms with E-state index in [9.17, 15) is 9.18 Å². The molecule has 0 spiro atoms. The fourth-order valence-electron chi connectivity index (χ4n) is 4.37. The van der Waals surface area contributed by atoms with Gasteiger partial charge >= 0.3 is 0 Å². The first kappa shape index (κ1) is 20.2. The summed E-state index contributed by atoms with van der Waals surface area (Å²) in [6.07, 6.45) is 5.92. The lowest BCUT2D eigenvalue weighted by atomic mass is 9.82. The number of methoxy groups -OCH3 is 1. The minimum Gasteiger partial charge on any atom is -0.376 e. The average molecular weight is 378 g/mol. The summed E-state index contributed by atoms with van der Waals surface area (Å²) in [5.41, 5.74) is 7.36. The van der Waals surface area contributed by atoms with Gasteiger partial charge in [0, 0.05) is 19.7 Å². The summed E-state index contributed by atoms with van der Waals surface area (Å²) in [5, 5.41) is 0. The second-order valence-corrected chi connectivity index (χ2v) is 7.76. The highest BCUT2D eigenvalue weighted by Gasteiger charge is 2.33. The summed E-state index contributed by atoms with van der Waals surface area (Å²) < 4.78 is 24.6. The third-order valence-corrected chi connectivity index (χ3v) is 5.92. The molecule has 2 unspecified atom stereocenters. The second-order valence-electron chi connectivity index (χ2n) is 7.76. The van der Waals surface area contributed by atoms with Crippen LogP contribution in [0.25, 0.3) is 0 Å². The van der Waals surface area contributed by atoms with E-state index in [1.165, 1.54) is 13.2 Å². The minimum atomic E-state index is -0.169. The van der Waals surface area contributed by atoms with Crippen LogP contribution in [0.3, 0.4) is 0 Å². The van der Waals surface area contributed by atoms with Crippen LogP contribution in [-0.4, -0.2) is 55.9 Å². The van der Waals surface area contributed by atoms with Gasteiger partial charge in [-0.3, -0.25) is 4.79 Å². The zero-order chi connectivity index (χ0) is 19.2. The average Bonchev–Trinajstić information content (AvgIpc) is 2.67. The van der Waals surface area contributed by atoms with E-state index in [0.717, 1.165) is 50.6 Å². The Labute approximate surface area is 161 Å². The lowest BCUT2D eigenvalue weighted by molar-refractivity contribution is -0.142. The summed E-state index contributed by atoms with van der Waals surface area (Å²) in [6, 6.07) is 6.79. The monoisotopic (exact) mass is 378 g/mol. The summed E-state index contributed by atoms with van der Waals surface area (Å²) in [5.74, 6) is 0.214. The van der Waals surface area contributed by atoms with Crippen molar-refractivity contribution in [1.29, 1.82) is 0 Å². The summed E-state index contributed by atoms with van der Waals surface area (Å²) in [6.45, 7) is 1.28. The number of likely N-dealkylation sites (tertiary alicyclic amines) is 1. The smallest absolute Gasteiger partial charge is 0.248 e. The van der Waals surface area contributed by atoms with Gasteiger partial charge in [-0.25, -0.2) is 4.39 Å². The van der Waals surface area contributed by atoms with Gasteiger partial charge in [0.15, 0.2) is 0 Å². The SMILES string of the molecule is COCC(=O)N1CCCC(N)C1COC1CCC(c2cccc(F)c2)CC1. The van der Waals surface area contributed by atoms with Gasteiger partial charge in [0.1, 0.15) is 12.4 Å². The van der Waals surface area contributed by atoms with E-state index in [-0.39, 0.29) is 36.5 Å². The molecule has 2 N–H and O–H groups in total. The maximum atomic E-state index is 13.4. The van der Waals surface area contributed by atoms with Crippen molar-refractivity contribution in [2.24, 2.45) is 5.73 Å². The first-order valence-electron chi connectivity index (χ1n) is 9.99. The molecular formula is C21H31FN2O3. The van der Waals surface area contributed by atoms with Crippen LogP contribution in [0.2, 0.25) is 0 Å². The molecule has 6 heteroatoms. The molecule has 0 bridgehead atoms. The Bertz CT molecular complexity index is 619. The van der Waals surface area contributed by atoms with Gasteiger partial charge in [0.25, 0.3) is 0 Å². The standard InChI is InChI=1S/C21H31FN2O3/c1-26-14-21(25)24-11-3-6-19(23)20(24)13-27-18-9-7-15(8-10-18)16-4-2-5-17(22)12-16/h2,4-5,12,15,18-20H,3,6-11,13-14,23H2,1H3. The number of nitrogens with two attached hydrogens (primary N) is 1. The topological polar surface area (TPSA) is 64.8 Å². The molecule has 2 aliphatic rings. The maximum Gasteiger partial charge on any atom is 0.248 e. The van der Waals surface area contributed by atoms with Crippen LogP contribution in [0, 0.1) is 5.82 Å². The molecule has 27 heavy (non-hydrogen) atoms. The van der Waals surface area contributed by atoms with Crippen LogP contribution in [0.1, 0.15) is 50.0 Å². The number of piperidine rings is 1. The Morgan fingerprint density at radius 2 is 2.04 bits per heavy atom. The third kappa shape index (κ3) is 5.27. The Morgan fingerprint density at radius 3 is 2.74 bits per heavy atom. The van der Waals surface area contributed by atoms with Gasteiger partial charge in [-0.15, -0.1) is 0 Å². The molecule has 0 aromatic heterocycles. The van der Waals surface area contributed by atoms with Crippen molar-refractivity contribution in [3.63, 3.8) is 0 Å². The van der Waals surface area contributed by atoms with Crippen LogP contribution in [0.15, 0.2) is 24.3 Å². The van der Waals surface area contributed by atoms with E-state index < -0.39 is 0 Å². The Morgan fingerprint density at radius 1 is 1.26 bits per heavy atom. The predicted octanol–water partition coefficient (Wildman–Crippen LogP) is 2.83. The quantitative estimate of drug-likeness (QED) is 0.827. The fourth-order valence-corrected chi connectivity index (χ4v) is 4.37. The molecule has 2 atom stereocenters.